The monoisotopic (exact) mass is 223 g/mol. The van der Waals surface area contributed by atoms with Gasteiger partial charge in [0, 0.05) is 26.2 Å². The number of nitrogens with one attached hydrogen (secondary N) is 1. The Morgan fingerprint density at radius 3 is 3.06 bits per heavy atom. The third kappa shape index (κ3) is 2.25. The summed E-state index contributed by atoms with van der Waals surface area (Å²) in [4.78, 5) is 2.47. The summed E-state index contributed by atoms with van der Waals surface area (Å²) in [5.74, 6) is 1.05. The molecular weight excluding hydrogens is 202 g/mol. The van der Waals surface area contributed by atoms with Crippen molar-refractivity contribution in [2.75, 3.05) is 19.6 Å². The first kappa shape index (κ1) is 11.5. The lowest BCUT2D eigenvalue weighted by Crippen LogP contribution is -2.33. The molecule has 5 heteroatoms. The van der Waals surface area contributed by atoms with E-state index in [1.165, 1.54) is 6.42 Å². The van der Waals surface area contributed by atoms with Gasteiger partial charge in [-0.15, -0.1) is 10.2 Å². The molecule has 0 aliphatic carbocycles. The standard InChI is InChI=1S/C11H21N5/c1-4-12-10-5-6-16(7-10)9(2)11-14-13-8-15(11)3/h8-10,12H,4-7H2,1-3H3. The first-order valence-corrected chi connectivity index (χ1v) is 6.03. The second-order valence-electron chi connectivity index (χ2n) is 4.51. The molecule has 1 fully saturated rings. The fraction of sp³-hybridized carbons (Fsp3) is 0.818. The zero-order chi connectivity index (χ0) is 11.5. The van der Waals surface area contributed by atoms with Crippen molar-refractivity contribution in [3.05, 3.63) is 12.2 Å². The minimum atomic E-state index is 0.358. The van der Waals surface area contributed by atoms with E-state index in [9.17, 15) is 0 Å². The molecule has 5 nitrogen and oxygen atoms in total. The van der Waals surface area contributed by atoms with Gasteiger partial charge in [0.2, 0.25) is 0 Å². The molecule has 0 bridgehead atoms. The van der Waals surface area contributed by atoms with Gasteiger partial charge in [0.15, 0.2) is 0 Å². The van der Waals surface area contributed by atoms with Gasteiger partial charge < -0.3 is 9.88 Å². The number of rotatable bonds is 4. The normalized spacial score (nSPS) is 23.8. The molecule has 0 saturated carbocycles. The average molecular weight is 223 g/mol. The van der Waals surface area contributed by atoms with Crippen molar-refractivity contribution in [3.63, 3.8) is 0 Å². The minimum Gasteiger partial charge on any atom is -0.319 e. The summed E-state index contributed by atoms with van der Waals surface area (Å²) in [5, 5.41) is 11.6. The van der Waals surface area contributed by atoms with Crippen LogP contribution in [0.2, 0.25) is 0 Å². The van der Waals surface area contributed by atoms with E-state index in [1.807, 2.05) is 11.6 Å². The second kappa shape index (κ2) is 4.93. The van der Waals surface area contributed by atoms with E-state index in [4.69, 9.17) is 0 Å². The van der Waals surface area contributed by atoms with Crippen LogP contribution in [0.1, 0.15) is 32.1 Å². The molecule has 1 aliphatic heterocycles. The Kier molecular flexibility index (Phi) is 3.56. The van der Waals surface area contributed by atoms with E-state index >= 15 is 0 Å². The fourth-order valence-electron chi connectivity index (χ4n) is 2.43. The van der Waals surface area contributed by atoms with Gasteiger partial charge in [0.1, 0.15) is 12.2 Å². The summed E-state index contributed by atoms with van der Waals surface area (Å²) in [6.45, 7) is 7.68. The molecule has 0 spiro atoms. The van der Waals surface area contributed by atoms with Crippen LogP contribution in [-0.4, -0.2) is 45.3 Å². The number of nitrogens with zero attached hydrogens (tertiary/aromatic N) is 4. The molecule has 90 valence electrons. The third-order valence-corrected chi connectivity index (χ3v) is 3.38. The highest BCUT2D eigenvalue weighted by molar-refractivity contribution is 4.96. The fourth-order valence-corrected chi connectivity index (χ4v) is 2.43. The Labute approximate surface area is 96.8 Å². The highest BCUT2D eigenvalue weighted by atomic mass is 15.3. The average Bonchev–Trinajstić information content (AvgIpc) is 2.87. The van der Waals surface area contributed by atoms with Crippen LogP contribution in [-0.2, 0) is 7.05 Å². The van der Waals surface area contributed by atoms with Crippen LogP contribution in [0.4, 0.5) is 0 Å². The Hall–Kier alpha value is -0.940. The summed E-state index contributed by atoms with van der Waals surface area (Å²) in [6, 6.07) is 0.997. The summed E-state index contributed by atoms with van der Waals surface area (Å²) < 4.78 is 2.01. The van der Waals surface area contributed by atoms with Crippen molar-refractivity contribution in [1.29, 1.82) is 0 Å². The predicted molar refractivity (Wildman–Crippen MR) is 63.1 cm³/mol. The number of aryl methyl sites for hydroxylation is 1. The topological polar surface area (TPSA) is 46.0 Å². The molecule has 2 rings (SSSR count). The van der Waals surface area contributed by atoms with Gasteiger partial charge in [-0.3, -0.25) is 4.90 Å². The SMILES string of the molecule is CCNC1CCN(C(C)c2nncn2C)C1. The molecule has 1 saturated heterocycles. The van der Waals surface area contributed by atoms with E-state index in [0.717, 1.165) is 25.5 Å². The number of likely N-dealkylation sites (tertiary alicyclic amines) is 1. The maximum absolute atomic E-state index is 4.18. The highest BCUT2D eigenvalue weighted by Crippen LogP contribution is 2.22. The second-order valence-corrected chi connectivity index (χ2v) is 4.51. The largest absolute Gasteiger partial charge is 0.319 e. The van der Waals surface area contributed by atoms with Gasteiger partial charge >= 0.3 is 0 Å². The molecule has 1 aliphatic rings. The smallest absolute Gasteiger partial charge is 0.149 e. The number of likely N-dealkylation sites (N-methyl/N-ethyl adjacent to an activating group) is 1. The van der Waals surface area contributed by atoms with Gasteiger partial charge in [0.25, 0.3) is 0 Å². The molecule has 2 atom stereocenters. The third-order valence-electron chi connectivity index (χ3n) is 3.38. The maximum Gasteiger partial charge on any atom is 0.149 e. The van der Waals surface area contributed by atoms with Crippen molar-refractivity contribution in [2.45, 2.75) is 32.4 Å². The summed E-state index contributed by atoms with van der Waals surface area (Å²) >= 11 is 0. The van der Waals surface area contributed by atoms with Gasteiger partial charge in [-0.1, -0.05) is 6.92 Å². The van der Waals surface area contributed by atoms with Crippen LogP contribution in [0.3, 0.4) is 0 Å². The van der Waals surface area contributed by atoms with E-state index < -0.39 is 0 Å². The van der Waals surface area contributed by atoms with E-state index in [1.54, 1.807) is 6.33 Å². The lowest BCUT2D eigenvalue weighted by Gasteiger charge is -2.23. The zero-order valence-corrected chi connectivity index (χ0v) is 10.3. The zero-order valence-electron chi connectivity index (χ0n) is 10.3. The van der Waals surface area contributed by atoms with E-state index in [-0.39, 0.29) is 0 Å². The maximum atomic E-state index is 4.18. The van der Waals surface area contributed by atoms with Crippen LogP contribution in [0.5, 0.6) is 0 Å². The predicted octanol–water partition coefficient (Wildman–Crippen LogP) is 0.560. The molecule has 1 aromatic heterocycles. The van der Waals surface area contributed by atoms with Crippen molar-refractivity contribution in [2.24, 2.45) is 7.05 Å². The molecule has 1 N–H and O–H groups in total. The molecular formula is C11H21N5. The van der Waals surface area contributed by atoms with Gasteiger partial charge in [-0.2, -0.15) is 0 Å². The Bertz CT molecular complexity index is 335. The van der Waals surface area contributed by atoms with Gasteiger partial charge in [0.05, 0.1) is 6.04 Å². The van der Waals surface area contributed by atoms with Crippen molar-refractivity contribution in [3.8, 4) is 0 Å². The first-order chi connectivity index (χ1) is 7.72. The molecule has 0 radical (unpaired) electrons. The highest BCUT2D eigenvalue weighted by Gasteiger charge is 2.27. The van der Waals surface area contributed by atoms with Crippen LogP contribution in [0, 0.1) is 0 Å². The lowest BCUT2D eigenvalue weighted by molar-refractivity contribution is 0.243. The first-order valence-electron chi connectivity index (χ1n) is 6.03. The van der Waals surface area contributed by atoms with Crippen molar-refractivity contribution in [1.82, 2.24) is 25.0 Å². The van der Waals surface area contributed by atoms with Gasteiger partial charge in [-0.25, -0.2) is 0 Å². The molecule has 0 aromatic carbocycles. The summed E-state index contributed by atoms with van der Waals surface area (Å²) in [7, 11) is 2.00. The lowest BCUT2D eigenvalue weighted by atomic mass is 10.2. The summed E-state index contributed by atoms with van der Waals surface area (Å²) in [6.07, 6.45) is 3.00. The van der Waals surface area contributed by atoms with Crippen LogP contribution < -0.4 is 5.32 Å². The van der Waals surface area contributed by atoms with Crippen molar-refractivity contribution < 1.29 is 0 Å². The Morgan fingerprint density at radius 1 is 1.62 bits per heavy atom. The minimum absolute atomic E-state index is 0.358. The number of aromatic nitrogens is 3. The molecule has 0 amide bonds. The molecule has 2 heterocycles. The number of hydrogen-bond acceptors (Lipinski definition) is 4. The Balaban J connectivity index is 1.97. The Morgan fingerprint density at radius 2 is 2.44 bits per heavy atom. The van der Waals surface area contributed by atoms with Crippen LogP contribution in [0.25, 0.3) is 0 Å². The van der Waals surface area contributed by atoms with Crippen molar-refractivity contribution >= 4 is 0 Å². The van der Waals surface area contributed by atoms with E-state index in [0.29, 0.717) is 12.1 Å². The summed E-state index contributed by atoms with van der Waals surface area (Å²) in [5.41, 5.74) is 0. The molecule has 1 aromatic rings. The van der Waals surface area contributed by atoms with Crippen LogP contribution in [0.15, 0.2) is 6.33 Å². The van der Waals surface area contributed by atoms with E-state index in [2.05, 4.69) is 34.3 Å². The molecule has 2 unspecified atom stereocenters. The number of hydrogen-bond donors (Lipinski definition) is 1. The van der Waals surface area contributed by atoms with Gasteiger partial charge in [-0.05, 0) is 19.9 Å². The van der Waals surface area contributed by atoms with Crippen LogP contribution >= 0.6 is 0 Å². The molecule has 16 heavy (non-hydrogen) atoms. The quantitative estimate of drug-likeness (QED) is 0.810.